The van der Waals surface area contributed by atoms with Crippen LogP contribution in [0.4, 0.5) is 11.4 Å². The zero-order chi connectivity index (χ0) is 11.4. The minimum Gasteiger partial charge on any atom is -0.411 e. The minimum atomic E-state index is 0. The van der Waals surface area contributed by atoms with Gasteiger partial charge in [-0.1, -0.05) is 40.7 Å². The van der Waals surface area contributed by atoms with Gasteiger partial charge in [-0.05, 0) is 24.3 Å². The van der Waals surface area contributed by atoms with E-state index in [-0.39, 0.29) is 51.4 Å². The maximum atomic E-state index is 5.12. The number of hydrogen-bond donors (Lipinski definition) is 0. The van der Waals surface area contributed by atoms with Crippen molar-refractivity contribution in [2.45, 2.75) is 0 Å². The van der Waals surface area contributed by atoms with Crippen molar-refractivity contribution in [1.29, 1.82) is 0 Å². The van der Waals surface area contributed by atoms with Crippen LogP contribution in [0.2, 0.25) is 0 Å². The third-order valence-electron chi connectivity index (χ3n) is 2.21. The molecule has 0 atom stereocenters. The third-order valence-corrected chi connectivity index (χ3v) is 2.58. The standard InChI is InChI=1S/C13H11NS2.K/c15-13(16)14(11-7-3-1-4-8-11)12-9-5-2-6-10-12;/h1-10H,(H,15,16);/q;+1/p-1. The van der Waals surface area contributed by atoms with Crippen LogP contribution >= 0.6 is 12.2 Å². The Hall–Kier alpha value is 0.186. The van der Waals surface area contributed by atoms with Crippen LogP contribution in [0.15, 0.2) is 60.7 Å². The molecular weight excluding hydrogens is 273 g/mol. The van der Waals surface area contributed by atoms with Crippen molar-refractivity contribution in [3.8, 4) is 0 Å². The van der Waals surface area contributed by atoms with E-state index in [2.05, 4.69) is 0 Å². The van der Waals surface area contributed by atoms with Crippen LogP contribution in [-0.2, 0) is 12.6 Å². The molecule has 0 aliphatic carbocycles. The van der Waals surface area contributed by atoms with E-state index in [0.29, 0.717) is 4.32 Å². The Morgan fingerprint density at radius 1 is 0.824 bits per heavy atom. The average molecular weight is 283 g/mol. The molecule has 1 nitrogen and oxygen atoms in total. The minimum absolute atomic E-state index is 0. The molecule has 0 spiro atoms. The molecule has 0 bridgehead atoms. The average Bonchev–Trinajstić information content (AvgIpc) is 2.31. The van der Waals surface area contributed by atoms with Crippen LogP contribution in [0.1, 0.15) is 0 Å². The Morgan fingerprint density at radius 2 is 1.18 bits per heavy atom. The van der Waals surface area contributed by atoms with Crippen LogP contribution < -0.4 is 56.3 Å². The third kappa shape index (κ3) is 4.10. The van der Waals surface area contributed by atoms with E-state index in [4.69, 9.17) is 24.8 Å². The Bertz CT molecular complexity index is 434. The Balaban J connectivity index is 0.00000144. The van der Waals surface area contributed by atoms with Crippen molar-refractivity contribution < 1.29 is 51.4 Å². The molecule has 0 amide bonds. The number of benzene rings is 2. The maximum Gasteiger partial charge on any atom is 1.00 e. The molecule has 0 aromatic heterocycles. The molecule has 0 aliphatic heterocycles. The van der Waals surface area contributed by atoms with E-state index in [1.54, 1.807) is 0 Å². The van der Waals surface area contributed by atoms with Gasteiger partial charge in [0, 0.05) is 11.4 Å². The molecule has 0 saturated heterocycles. The van der Waals surface area contributed by atoms with E-state index in [0.717, 1.165) is 11.4 Å². The van der Waals surface area contributed by atoms with E-state index in [9.17, 15) is 0 Å². The van der Waals surface area contributed by atoms with Crippen molar-refractivity contribution in [1.82, 2.24) is 0 Å². The quantitative estimate of drug-likeness (QED) is 0.453. The van der Waals surface area contributed by atoms with Crippen LogP contribution in [-0.4, -0.2) is 4.32 Å². The summed E-state index contributed by atoms with van der Waals surface area (Å²) in [6.07, 6.45) is 0. The summed E-state index contributed by atoms with van der Waals surface area (Å²) in [5, 5.41) is 0. The molecule has 2 rings (SSSR count). The Kier molecular flexibility index (Phi) is 6.80. The van der Waals surface area contributed by atoms with E-state index < -0.39 is 0 Å². The molecule has 0 radical (unpaired) electrons. The maximum absolute atomic E-state index is 5.12. The fourth-order valence-electron chi connectivity index (χ4n) is 1.51. The first-order chi connectivity index (χ1) is 7.79. The number of nitrogens with zero attached hydrogens (tertiary/aromatic N) is 1. The molecule has 2 aromatic rings. The summed E-state index contributed by atoms with van der Waals surface area (Å²) >= 11 is 10.2. The second kappa shape index (κ2) is 7.58. The molecule has 0 saturated carbocycles. The van der Waals surface area contributed by atoms with Crippen molar-refractivity contribution in [2.24, 2.45) is 0 Å². The summed E-state index contributed by atoms with van der Waals surface area (Å²) in [6.45, 7) is 0. The summed E-state index contributed by atoms with van der Waals surface area (Å²) in [4.78, 5) is 1.88. The second-order valence-corrected chi connectivity index (χ2v) is 4.30. The molecular formula is C13H10KNS2. The van der Waals surface area contributed by atoms with Gasteiger partial charge in [-0.15, -0.1) is 0 Å². The molecule has 4 heteroatoms. The summed E-state index contributed by atoms with van der Waals surface area (Å²) in [6, 6.07) is 19.8. The number of para-hydroxylation sites is 2. The first-order valence-corrected chi connectivity index (χ1v) is 5.72. The number of rotatable bonds is 2. The van der Waals surface area contributed by atoms with Gasteiger partial charge in [0.2, 0.25) is 0 Å². The van der Waals surface area contributed by atoms with Gasteiger partial charge in [0.05, 0.1) is 0 Å². The van der Waals surface area contributed by atoms with Gasteiger partial charge in [0.25, 0.3) is 0 Å². The van der Waals surface area contributed by atoms with Crippen LogP contribution in [0.25, 0.3) is 0 Å². The van der Waals surface area contributed by atoms with Gasteiger partial charge in [-0.25, -0.2) is 0 Å². The van der Waals surface area contributed by atoms with Crippen LogP contribution in [0.5, 0.6) is 0 Å². The molecule has 0 unspecified atom stereocenters. The Morgan fingerprint density at radius 3 is 1.47 bits per heavy atom. The summed E-state index contributed by atoms with van der Waals surface area (Å²) in [5.41, 5.74) is 1.99. The van der Waals surface area contributed by atoms with Crippen molar-refractivity contribution in [3.63, 3.8) is 0 Å². The number of thiocarbonyl (C=S) groups is 1. The van der Waals surface area contributed by atoms with Gasteiger partial charge in [0.15, 0.2) is 0 Å². The van der Waals surface area contributed by atoms with Crippen LogP contribution in [0, 0.1) is 0 Å². The fraction of sp³-hybridized carbons (Fsp3) is 0. The number of hydrogen-bond acceptors (Lipinski definition) is 2. The zero-order valence-corrected chi connectivity index (χ0v) is 14.3. The van der Waals surface area contributed by atoms with Gasteiger partial charge >= 0.3 is 51.4 Å². The van der Waals surface area contributed by atoms with E-state index in [1.165, 1.54) is 0 Å². The fourth-order valence-corrected chi connectivity index (χ4v) is 1.94. The van der Waals surface area contributed by atoms with Crippen molar-refractivity contribution in [3.05, 3.63) is 60.7 Å². The summed E-state index contributed by atoms with van der Waals surface area (Å²) < 4.78 is 0.428. The zero-order valence-electron chi connectivity index (χ0n) is 9.54. The predicted molar refractivity (Wildman–Crippen MR) is 75.0 cm³/mol. The predicted octanol–water partition coefficient (Wildman–Crippen LogP) is 0.660. The molecule has 0 heterocycles. The van der Waals surface area contributed by atoms with Crippen molar-refractivity contribution >= 4 is 40.5 Å². The molecule has 2 aromatic carbocycles. The smallest absolute Gasteiger partial charge is 0.411 e. The first-order valence-electron chi connectivity index (χ1n) is 4.90. The SMILES string of the molecule is S=C([S-])N(c1ccccc1)c1ccccc1.[K+]. The first kappa shape index (κ1) is 15.2. The molecule has 0 aliphatic rings. The topological polar surface area (TPSA) is 3.24 Å². The van der Waals surface area contributed by atoms with Gasteiger partial charge in [0.1, 0.15) is 0 Å². The van der Waals surface area contributed by atoms with Crippen molar-refractivity contribution in [2.75, 3.05) is 4.90 Å². The van der Waals surface area contributed by atoms with E-state index >= 15 is 0 Å². The monoisotopic (exact) mass is 283 g/mol. The summed E-state index contributed by atoms with van der Waals surface area (Å²) in [5.74, 6) is 0. The molecule has 0 N–H and O–H groups in total. The number of anilines is 2. The van der Waals surface area contributed by atoms with Gasteiger partial charge in [-0.3, -0.25) is 0 Å². The van der Waals surface area contributed by atoms with Gasteiger partial charge < -0.3 is 29.7 Å². The largest absolute Gasteiger partial charge is 1.00 e. The van der Waals surface area contributed by atoms with Crippen LogP contribution in [0.3, 0.4) is 0 Å². The Labute approximate surface area is 155 Å². The molecule has 80 valence electrons. The van der Waals surface area contributed by atoms with E-state index in [1.807, 2.05) is 65.6 Å². The van der Waals surface area contributed by atoms with Gasteiger partial charge in [-0.2, -0.15) is 0 Å². The molecule has 17 heavy (non-hydrogen) atoms. The molecule has 0 fully saturated rings. The normalized spacial score (nSPS) is 9.18. The summed E-state index contributed by atoms with van der Waals surface area (Å²) in [7, 11) is 0. The second-order valence-electron chi connectivity index (χ2n) is 3.27.